The summed E-state index contributed by atoms with van der Waals surface area (Å²) in [4.78, 5) is 5.39. The van der Waals surface area contributed by atoms with E-state index in [1.807, 2.05) is 30.3 Å². The molecular formula is C14H13BrN2O3S. The van der Waals surface area contributed by atoms with Crippen LogP contribution in [0.4, 0.5) is 0 Å². The van der Waals surface area contributed by atoms with Crippen LogP contribution < -0.4 is 0 Å². The van der Waals surface area contributed by atoms with Crippen LogP contribution in [0.2, 0.25) is 0 Å². The first kappa shape index (κ1) is 14.5. The fourth-order valence-corrected chi connectivity index (χ4v) is 4.52. The van der Waals surface area contributed by atoms with Crippen LogP contribution in [-0.2, 0) is 14.7 Å². The second kappa shape index (κ2) is 4.82. The topological polar surface area (TPSA) is 79.5 Å². The van der Waals surface area contributed by atoms with E-state index >= 15 is 0 Å². The first-order chi connectivity index (χ1) is 9.86. The molecule has 1 aromatic rings. The van der Waals surface area contributed by atoms with Crippen LogP contribution in [0.3, 0.4) is 0 Å². The van der Waals surface area contributed by atoms with Gasteiger partial charge in [-0.3, -0.25) is 0 Å². The third-order valence-corrected chi connectivity index (χ3v) is 6.54. The van der Waals surface area contributed by atoms with Gasteiger partial charge in [-0.2, -0.15) is 5.26 Å². The number of halogens is 1. The number of nitriles is 1. The molecule has 110 valence electrons. The number of fused-ring (bicyclic) bond motifs is 1. The third kappa shape index (κ3) is 2.27. The molecule has 1 fully saturated rings. The van der Waals surface area contributed by atoms with E-state index in [2.05, 4.69) is 21.1 Å². The number of rotatable bonds is 2. The van der Waals surface area contributed by atoms with Crippen LogP contribution >= 0.6 is 15.9 Å². The van der Waals surface area contributed by atoms with Crippen LogP contribution in [0, 0.1) is 17.2 Å². The Bertz CT molecular complexity index is 769. The van der Waals surface area contributed by atoms with E-state index < -0.39 is 14.6 Å². The van der Waals surface area contributed by atoms with Crippen LogP contribution in [0.25, 0.3) is 0 Å². The van der Waals surface area contributed by atoms with Crippen molar-refractivity contribution in [3.05, 3.63) is 34.3 Å². The van der Waals surface area contributed by atoms with Crippen LogP contribution in [0.15, 0.2) is 33.9 Å². The Morgan fingerprint density at radius 1 is 1.48 bits per heavy atom. The normalized spacial score (nSPS) is 31.2. The van der Waals surface area contributed by atoms with Gasteiger partial charge in [0.15, 0.2) is 14.6 Å². The third-order valence-electron chi connectivity index (χ3n) is 4.20. The van der Waals surface area contributed by atoms with E-state index in [0.717, 1.165) is 22.0 Å². The zero-order chi connectivity index (χ0) is 15.3. The summed E-state index contributed by atoms with van der Waals surface area (Å²) in [5, 5.41) is 13.5. The summed E-state index contributed by atoms with van der Waals surface area (Å²) in [5.74, 6) is -0.159. The number of oxime groups is 1. The Kier molecular flexibility index (Phi) is 3.34. The minimum atomic E-state index is -3.48. The van der Waals surface area contributed by atoms with Crippen molar-refractivity contribution in [3.63, 3.8) is 0 Å². The minimum Gasteiger partial charge on any atom is -0.391 e. The van der Waals surface area contributed by atoms with E-state index in [4.69, 9.17) is 4.84 Å². The molecule has 0 unspecified atom stereocenters. The van der Waals surface area contributed by atoms with Gasteiger partial charge in [0, 0.05) is 28.6 Å². The maximum atomic E-state index is 12.0. The summed E-state index contributed by atoms with van der Waals surface area (Å²) in [7, 11) is -3.48. The highest BCUT2D eigenvalue weighted by Crippen LogP contribution is 2.45. The van der Waals surface area contributed by atoms with Gasteiger partial charge < -0.3 is 4.84 Å². The maximum absolute atomic E-state index is 12.0. The van der Waals surface area contributed by atoms with Crippen LogP contribution in [0.5, 0.6) is 0 Å². The van der Waals surface area contributed by atoms with Gasteiger partial charge in [-0.1, -0.05) is 33.2 Å². The van der Waals surface area contributed by atoms with Gasteiger partial charge in [0.1, 0.15) is 6.10 Å². The molecule has 3 atom stereocenters. The molecule has 1 aromatic carbocycles. The number of hydrogen-bond donors (Lipinski definition) is 0. The summed E-state index contributed by atoms with van der Waals surface area (Å²) >= 11 is 3.41. The molecule has 0 saturated heterocycles. The fourth-order valence-electron chi connectivity index (χ4n) is 3.00. The van der Waals surface area contributed by atoms with Gasteiger partial charge in [0.2, 0.25) is 0 Å². The maximum Gasteiger partial charge on any atom is 0.166 e. The van der Waals surface area contributed by atoms with Gasteiger partial charge in [-0.05, 0) is 18.6 Å². The van der Waals surface area contributed by atoms with Gasteiger partial charge >= 0.3 is 0 Å². The highest BCUT2D eigenvalue weighted by Gasteiger charge is 2.57. The summed E-state index contributed by atoms with van der Waals surface area (Å²) in [5.41, 5.74) is 1.61. The Balaban J connectivity index is 1.96. The Hall–Kier alpha value is -1.39. The molecule has 5 nitrogen and oxygen atoms in total. The molecule has 1 aliphatic heterocycles. The van der Waals surface area contributed by atoms with E-state index in [1.165, 1.54) is 0 Å². The fraction of sp³-hybridized carbons (Fsp3) is 0.429. The molecule has 7 heteroatoms. The minimum absolute atomic E-state index is 0.159. The summed E-state index contributed by atoms with van der Waals surface area (Å²) in [6.45, 7) is 0. The van der Waals surface area contributed by atoms with Crippen molar-refractivity contribution >= 4 is 31.5 Å². The predicted octanol–water partition coefficient (Wildman–Crippen LogP) is 2.27. The molecule has 1 saturated carbocycles. The van der Waals surface area contributed by atoms with Crippen LogP contribution in [-0.4, -0.2) is 31.2 Å². The molecule has 1 aliphatic carbocycles. The zero-order valence-corrected chi connectivity index (χ0v) is 13.7. The van der Waals surface area contributed by atoms with Crippen molar-refractivity contribution in [1.82, 2.24) is 0 Å². The lowest BCUT2D eigenvalue weighted by Crippen LogP contribution is -2.34. The SMILES string of the molecule is CS(=O)(=O)[C@@]1(C#N)C[C@@H]2ON=C(c3cccc(Br)c3)[C@@H]2C1. The van der Waals surface area contributed by atoms with Crippen molar-refractivity contribution < 1.29 is 13.3 Å². The monoisotopic (exact) mass is 368 g/mol. The van der Waals surface area contributed by atoms with Crippen molar-refractivity contribution in [2.45, 2.75) is 23.7 Å². The highest BCUT2D eigenvalue weighted by atomic mass is 79.9. The highest BCUT2D eigenvalue weighted by molar-refractivity contribution is 9.10. The second-order valence-corrected chi connectivity index (χ2v) is 8.77. The van der Waals surface area contributed by atoms with E-state index in [9.17, 15) is 13.7 Å². The van der Waals surface area contributed by atoms with Crippen molar-refractivity contribution in [3.8, 4) is 6.07 Å². The lowest BCUT2D eigenvalue weighted by Gasteiger charge is -2.18. The first-order valence-electron chi connectivity index (χ1n) is 6.47. The number of hydrogen-bond acceptors (Lipinski definition) is 5. The molecule has 0 N–H and O–H groups in total. The first-order valence-corrected chi connectivity index (χ1v) is 9.15. The van der Waals surface area contributed by atoms with Crippen molar-refractivity contribution in [2.24, 2.45) is 11.1 Å². The van der Waals surface area contributed by atoms with Gasteiger partial charge in [0.05, 0.1) is 11.8 Å². The van der Waals surface area contributed by atoms with E-state index in [-0.39, 0.29) is 24.9 Å². The van der Waals surface area contributed by atoms with Crippen molar-refractivity contribution in [1.29, 1.82) is 5.26 Å². The van der Waals surface area contributed by atoms with Gasteiger partial charge in [0.25, 0.3) is 0 Å². The molecule has 0 radical (unpaired) electrons. The van der Waals surface area contributed by atoms with Crippen LogP contribution in [0.1, 0.15) is 18.4 Å². The average Bonchev–Trinajstić information content (AvgIpc) is 2.95. The van der Waals surface area contributed by atoms with Crippen molar-refractivity contribution in [2.75, 3.05) is 6.26 Å². The largest absolute Gasteiger partial charge is 0.391 e. The molecule has 3 rings (SSSR count). The summed E-state index contributed by atoms with van der Waals surface area (Å²) in [6, 6.07) is 9.61. The molecule has 1 heterocycles. The zero-order valence-electron chi connectivity index (χ0n) is 11.3. The molecular weight excluding hydrogens is 356 g/mol. The molecule has 0 spiro atoms. The molecule has 0 aromatic heterocycles. The van der Waals surface area contributed by atoms with Gasteiger partial charge in [-0.25, -0.2) is 8.42 Å². The lowest BCUT2D eigenvalue weighted by molar-refractivity contribution is 0.0736. The number of nitrogens with zero attached hydrogens (tertiary/aromatic N) is 2. The van der Waals surface area contributed by atoms with E-state index in [1.54, 1.807) is 0 Å². The Morgan fingerprint density at radius 2 is 2.24 bits per heavy atom. The molecule has 0 amide bonds. The van der Waals surface area contributed by atoms with Gasteiger partial charge in [-0.15, -0.1) is 0 Å². The smallest absolute Gasteiger partial charge is 0.166 e. The molecule has 21 heavy (non-hydrogen) atoms. The standard InChI is InChI=1S/C14H13BrN2O3S/c1-21(18,19)14(8-16)6-11-12(7-14)20-17-13(11)9-3-2-4-10(15)5-9/h2-5,11-12H,6-7H2,1H3/t11-,12+,14-/m1/s1. The average molecular weight is 369 g/mol. The Labute approximate surface area is 131 Å². The summed E-state index contributed by atoms with van der Waals surface area (Å²) < 4.78 is 23.5. The number of benzene rings is 1. The predicted molar refractivity (Wildman–Crippen MR) is 81.5 cm³/mol. The molecule has 0 bridgehead atoms. The number of sulfone groups is 1. The van der Waals surface area contributed by atoms with E-state index in [0.29, 0.717) is 0 Å². The Morgan fingerprint density at radius 3 is 2.86 bits per heavy atom. The molecule has 2 aliphatic rings. The summed E-state index contributed by atoms with van der Waals surface area (Å²) in [6.07, 6.45) is 1.19. The second-order valence-electron chi connectivity index (χ2n) is 5.52. The quantitative estimate of drug-likeness (QED) is 0.801. The lowest BCUT2D eigenvalue weighted by atomic mass is 9.94.